The molecule has 0 aliphatic rings. The predicted molar refractivity (Wildman–Crippen MR) is 56.6 cm³/mol. The second-order valence-corrected chi connectivity index (χ2v) is 5.19. The summed E-state index contributed by atoms with van der Waals surface area (Å²) in [5.41, 5.74) is 0. The first-order valence-corrected chi connectivity index (χ1v) is 6.26. The topological polar surface area (TPSA) is 95.5 Å². The van der Waals surface area contributed by atoms with Gasteiger partial charge in [-0.25, -0.2) is 4.72 Å². The molecule has 0 fully saturated rings. The largest absolute Gasteiger partial charge is 0.480 e. The number of aliphatic carboxylic acids is 1. The van der Waals surface area contributed by atoms with Crippen LogP contribution in [0.4, 0.5) is 0 Å². The minimum Gasteiger partial charge on any atom is -0.480 e. The van der Waals surface area contributed by atoms with Crippen LogP contribution in [0, 0.1) is 5.92 Å². The summed E-state index contributed by atoms with van der Waals surface area (Å²) in [6, 6.07) is -1.07. The standard InChI is InChI=1S/C8H18N2O4S/c1-4-7(8(11)12)10-15(13,14)9-5-6(2)3/h6-7,9-10H,4-5H2,1-3H3,(H,11,12)/t7-/m1/s1. The van der Waals surface area contributed by atoms with Crippen LogP contribution >= 0.6 is 0 Å². The first-order chi connectivity index (χ1) is 6.78. The molecule has 0 spiro atoms. The number of carboxylic acids is 1. The summed E-state index contributed by atoms with van der Waals surface area (Å²) in [4.78, 5) is 10.6. The van der Waals surface area contributed by atoms with E-state index in [9.17, 15) is 13.2 Å². The SMILES string of the molecule is CC[C@@H](NS(=O)(=O)NCC(C)C)C(=O)O. The van der Waals surface area contributed by atoms with Gasteiger partial charge in [-0.2, -0.15) is 13.1 Å². The highest BCUT2D eigenvalue weighted by molar-refractivity contribution is 7.87. The number of hydrogen-bond donors (Lipinski definition) is 3. The molecular weight excluding hydrogens is 220 g/mol. The van der Waals surface area contributed by atoms with Crippen LogP contribution < -0.4 is 9.44 Å². The second-order valence-electron chi connectivity index (χ2n) is 3.66. The van der Waals surface area contributed by atoms with E-state index in [2.05, 4.69) is 9.44 Å². The van der Waals surface area contributed by atoms with E-state index in [1.165, 1.54) is 0 Å². The molecule has 1 atom stereocenters. The van der Waals surface area contributed by atoms with Gasteiger partial charge in [0.25, 0.3) is 10.2 Å². The molecule has 0 rings (SSSR count). The molecule has 0 radical (unpaired) electrons. The molecule has 0 aromatic rings. The van der Waals surface area contributed by atoms with Crippen molar-refractivity contribution in [2.75, 3.05) is 6.54 Å². The van der Waals surface area contributed by atoms with E-state index < -0.39 is 22.2 Å². The molecule has 0 saturated carbocycles. The Bertz CT molecular complexity index is 300. The molecule has 0 amide bonds. The highest BCUT2D eigenvalue weighted by Gasteiger charge is 2.21. The smallest absolute Gasteiger partial charge is 0.321 e. The van der Waals surface area contributed by atoms with Crippen molar-refractivity contribution in [2.45, 2.75) is 33.2 Å². The fourth-order valence-electron chi connectivity index (χ4n) is 0.814. The van der Waals surface area contributed by atoms with Crippen LogP contribution in [-0.2, 0) is 15.0 Å². The van der Waals surface area contributed by atoms with Gasteiger partial charge in [-0.15, -0.1) is 0 Å². The van der Waals surface area contributed by atoms with Gasteiger partial charge in [-0.05, 0) is 12.3 Å². The average molecular weight is 238 g/mol. The summed E-state index contributed by atoms with van der Waals surface area (Å²) in [6.07, 6.45) is 0.206. The molecule has 0 unspecified atom stereocenters. The zero-order valence-corrected chi connectivity index (χ0v) is 9.97. The van der Waals surface area contributed by atoms with Crippen molar-refractivity contribution in [3.63, 3.8) is 0 Å². The van der Waals surface area contributed by atoms with E-state index in [0.29, 0.717) is 0 Å². The molecule has 0 aromatic carbocycles. The van der Waals surface area contributed by atoms with Gasteiger partial charge in [0.05, 0.1) is 0 Å². The second kappa shape index (κ2) is 6.04. The van der Waals surface area contributed by atoms with E-state index in [0.717, 1.165) is 0 Å². The van der Waals surface area contributed by atoms with Gasteiger partial charge >= 0.3 is 5.97 Å². The monoisotopic (exact) mass is 238 g/mol. The van der Waals surface area contributed by atoms with Crippen LogP contribution in [-0.4, -0.2) is 32.1 Å². The number of carboxylic acid groups (broad SMARTS) is 1. The van der Waals surface area contributed by atoms with E-state index >= 15 is 0 Å². The van der Waals surface area contributed by atoms with Crippen molar-refractivity contribution >= 4 is 16.2 Å². The maximum absolute atomic E-state index is 11.3. The number of carbonyl (C=O) groups is 1. The summed E-state index contributed by atoms with van der Waals surface area (Å²) in [5.74, 6) is -1.00. The van der Waals surface area contributed by atoms with Gasteiger partial charge in [0.2, 0.25) is 0 Å². The Morgan fingerprint density at radius 2 is 1.93 bits per heavy atom. The molecule has 15 heavy (non-hydrogen) atoms. The Kier molecular flexibility index (Phi) is 5.77. The third-order valence-electron chi connectivity index (χ3n) is 1.69. The van der Waals surface area contributed by atoms with E-state index in [1.54, 1.807) is 6.92 Å². The Balaban J connectivity index is 4.30. The molecular formula is C8H18N2O4S. The Hall–Kier alpha value is -0.660. The third-order valence-corrected chi connectivity index (χ3v) is 2.83. The van der Waals surface area contributed by atoms with Gasteiger partial charge < -0.3 is 5.11 Å². The van der Waals surface area contributed by atoms with E-state index in [-0.39, 0.29) is 18.9 Å². The summed E-state index contributed by atoms with van der Waals surface area (Å²) < 4.78 is 27.0. The highest BCUT2D eigenvalue weighted by atomic mass is 32.2. The quantitative estimate of drug-likeness (QED) is 0.578. The fourth-order valence-corrected chi connectivity index (χ4v) is 2.09. The lowest BCUT2D eigenvalue weighted by Crippen LogP contribution is -2.46. The molecule has 0 aliphatic carbocycles. The van der Waals surface area contributed by atoms with Crippen LogP contribution in [0.5, 0.6) is 0 Å². The normalized spacial score (nSPS) is 14.1. The number of hydrogen-bond acceptors (Lipinski definition) is 3. The van der Waals surface area contributed by atoms with Crippen LogP contribution in [0.3, 0.4) is 0 Å². The highest BCUT2D eigenvalue weighted by Crippen LogP contribution is 1.95. The van der Waals surface area contributed by atoms with Crippen molar-refractivity contribution in [1.29, 1.82) is 0 Å². The first-order valence-electron chi connectivity index (χ1n) is 4.78. The first kappa shape index (κ1) is 14.3. The minimum absolute atomic E-state index is 0.173. The van der Waals surface area contributed by atoms with Crippen molar-refractivity contribution < 1.29 is 18.3 Å². The summed E-state index contributed by atoms with van der Waals surface area (Å²) in [6.45, 7) is 5.60. The summed E-state index contributed by atoms with van der Waals surface area (Å²) in [5, 5.41) is 8.66. The molecule has 7 heteroatoms. The number of nitrogens with one attached hydrogen (secondary N) is 2. The predicted octanol–water partition coefficient (Wildman–Crippen LogP) is -0.0704. The van der Waals surface area contributed by atoms with Crippen molar-refractivity contribution in [2.24, 2.45) is 5.92 Å². The molecule has 0 saturated heterocycles. The Morgan fingerprint density at radius 1 is 1.40 bits per heavy atom. The van der Waals surface area contributed by atoms with Gasteiger partial charge in [0.15, 0.2) is 0 Å². The molecule has 3 N–H and O–H groups in total. The average Bonchev–Trinajstić information content (AvgIpc) is 2.11. The van der Waals surface area contributed by atoms with E-state index in [4.69, 9.17) is 5.11 Å². The third kappa shape index (κ3) is 6.43. The molecule has 0 bridgehead atoms. The van der Waals surface area contributed by atoms with Crippen LogP contribution in [0.2, 0.25) is 0 Å². The van der Waals surface area contributed by atoms with Crippen molar-refractivity contribution in [1.82, 2.24) is 9.44 Å². The maximum Gasteiger partial charge on any atom is 0.321 e. The van der Waals surface area contributed by atoms with Gasteiger partial charge in [0, 0.05) is 6.54 Å². The van der Waals surface area contributed by atoms with Gasteiger partial charge in [0.1, 0.15) is 6.04 Å². The summed E-state index contributed by atoms with van der Waals surface area (Å²) >= 11 is 0. The lowest BCUT2D eigenvalue weighted by Gasteiger charge is -2.14. The Morgan fingerprint density at radius 3 is 2.27 bits per heavy atom. The zero-order chi connectivity index (χ0) is 12.1. The van der Waals surface area contributed by atoms with Crippen molar-refractivity contribution in [3.8, 4) is 0 Å². The molecule has 90 valence electrons. The van der Waals surface area contributed by atoms with E-state index in [1.807, 2.05) is 13.8 Å². The summed E-state index contributed by atoms with van der Waals surface area (Å²) in [7, 11) is -3.71. The lowest BCUT2D eigenvalue weighted by atomic mass is 10.2. The van der Waals surface area contributed by atoms with Crippen LogP contribution in [0.15, 0.2) is 0 Å². The van der Waals surface area contributed by atoms with Gasteiger partial charge in [-0.1, -0.05) is 20.8 Å². The molecule has 6 nitrogen and oxygen atoms in total. The zero-order valence-electron chi connectivity index (χ0n) is 9.15. The lowest BCUT2D eigenvalue weighted by molar-refractivity contribution is -0.139. The van der Waals surface area contributed by atoms with Crippen LogP contribution in [0.1, 0.15) is 27.2 Å². The maximum atomic E-state index is 11.3. The van der Waals surface area contributed by atoms with Crippen LogP contribution in [0.25, 0.3) is 0 Å². The molecule has 0 aromatic heterocycles. The number of rotatable bonds is 7. The van der Waals surface area contributed by atoms with Gasteiger partial charge in [-0.3, -0.25) is 4.79 Å². The molecule has 0 aliphatic heterocycles. The fraction of sp³-hybridized carbons (Fsp3) is 0.875. The minimum atomic E-state index is -3.71. The Labute approximate surface area is 90.2 Å². The molecule has 0 heterocycles. The van der Waals surface area contributed by atoms with Crippen molar-refractivity contribution in [3.05, 3.63) is 0 Å².